The number of pyridine rings is 1. The van der Waals surface area contributed by atoms with Crippen LogP contribution in [0.1, 0.15) is 24.2 Å². The van der Waals surface area contributed by atoms with Gasteiger partial charge < -0.3 is 9.84 Å². The summed E-state index contributed by atoms with van der Waals surface area (Å²) < 4.78 is 5.11. The Hall–Kier alpha value is -0.930. The van der Waals surface area contributed by atoms with Gasteiger partial charge in [0.2, 0.25) is 0 Å². The molecule has 0 radical (unpaired) electrons. The molecule has 3 nitrogen and oxygen atoms in total. The van der Waals surface area contributed by atoms with Crippen LogP contribution >= 0.6 is 0 Å². The monoisotopic (exact) mass is 181 g/mol. The Kier molecular flexibility index (Phi) is 3.86. The maximum atomic E-state index is 9.61. The van der Waals surface area contributed by atoms with Crippen LogP contribution in [0.3, 0.4) is 0 Å². The van der Waals surface area contributed by atoms with Crippen molar-refractivity contribution in [1.82, 2.24) is 4.98 Å². The number of hydrogen-bond donors (Lipinski definition) is 1. The molecule has 1 rings (SSSR count). The normalized spacial score (nSPS) is 12.8. The number of ether oxygens (including phenoxy) is 1. The van der Waals surface area contributed by atoms with E-state index in [1.165, 1.54) is 0 Å². The lowest BCUT2D eigenvalue weighted by molar-refractivity contribution is 0.0418. The first kappa shape index (κ1) is 10.2. The van der Waals surface area contributed by atoms with Gasteiger partial charge in [0.25, 0.3) is 0 Å². The fourth-order valence-corrected chi connectivity index (χ4v) is 1.09. The molecular formula is C10H15NO2. The summed E-state index contributed by atoms with van der Waals surface area (Å²) in [6.45, 7) is 4.81. The molecule has 0 aromatic carbocycles. The third-order valence-corrected chi connectivity index (χ3v) is 1.76. The second kappa shape index (κ2) is 4.94. The second-order valence-corrected chi connectivity index (χ2v) is 2.97. The molecule has 1 aromatic heterocycles. The molecular weight excluding hydrogens is 166 g/mol. The minimum absolute atomic E-state index is 0.335. The molecule has 13 heavy (non-hydrogen) atoms. The van der Waals surface area contributed by atoms with Gasteiger partial charge >= 0.3 is 0 Å². The van der Waals surface area contributed by atoms with E-state index in [2.05, 4.69) is 4.98 Å². The van der Waals surface area contributed by atoms with Gasteiger partial charge in [-0.2, -0.15) is 0 Å². The van der Waals surface area contributed by atoms with Crippen LogP contribution in [0.15, 0.2) is 18.5 Å². The standard InChI is InChI=1S/C10H15NO2/c1-3-13-7-10(12)9-4-8(2)5-11-6-9/h4-6,10,12H,3,7H2,1-2H3. The van der Waals surface area contributed by atoms with Crippen molar-refractivity contribution >= 4 is 0 Å². The fourth-order valence-electron chi connectivity index (χ4n) is 1.09. The van der Waals surface area contributed by atoms with E-state index < -0.39 is 6.10 Å². The predicted molar refractivity (Wildman–Crippen MR) is 50.4 cm³/mol. The summed E-state index contributed by atoms with van der Waals surface area (Å²) in [5, 5.41) is 9.61. The topological polar surface area (TPSA) is 42.4 Å². The number of hydrogen-bond acceptors (Lipinski definition) is 3. The largest absolute Gasteiger partial charge is 0.386 e. The van der Waals surface area contributed by atoms with Crippen LogP contribution in [0, 0.1) is 6.92 Å². The lowest BCUT2D eigenvalue weighted by atomic mass is 10.1. The highest BCUT2D eigenvalue weighted by atomic mass is 16.5. The Bertz CT molecular complexity index is 263. The Morgan fingerprint density at radius 3 is 2.92 bits per heavy atom. The van der Waals surface area contributed by atoms with Gasteiger partial charge in [-0.25, -0.2) is 0 Å². The zero-order valence-corrected chi connectivity index (χ0v) is 8.03. The van der Waals surface area contributed by atoms with Crippen molar-refractivity contribution in [3.05, 3.63) is 29.6 Å². The minimum atomic E-state index is -0.563. The molecule has 0 saturated heterocycles. The maximum Gasteiger partial charge on any atom is 0.104 e. The summed E-state index contributed by atoms with van der Waals surface area (Å²) in [6, 6.07) is 1.91. The first-order chi connectivity index (χ1) is 6.24. The molecule has 0 aliphatic rings. The molecule has 0 amide bonds. The number of aliphatic hydroxyl groups excluding tert-OH is 1. The summed E-state index contributed by atoms with van der Waals surface area (Å²) in [4.78, 5) is 4.00. The number of aromatic nitrogens is 1. The Labute approximate surface area is 78.4 Å². The highest BCUT2D eigenvalue weighted by Crippen LogP contribution is 2.12. The molecule has 1 aromatic rings. The van der Waals surface area contributed by atoms with Gasteiger partial charge in [0.15, 0.2) is 0 Å². The van der Waals surface area contributed by atoms with E-state index in [0.717, 1.165) is 11.1 Å². The van der Waals surface area contributed by atoms with E-state index in [-0.39, 0.29) is 0 Å². The Morgan fingerprint density at radius 1 is 1.54 bits per heavy atom. The summed E-state index contributed by atoms with van der Waals surface area (Å²) in [6.07, 6.45) is 2.86. The van der Waals surface area contributed by atoms with Gasteiger partial charge in [0.05, 0.1) is 6.61 Å². The SMILES string of the molecule is CCOCC(O)c1cncc(C)c1. The third-order valence-electron chi connectivity index (χ3n) is 1.76. The van der Waals surface area contributed by atoms with E-state index >= 15 is 0 Å². The van der Waals surface area contributed by atoms with Crippen molar-refractivity contribution in [1.29, 1.82) is 0 Å². The Morgan fingerprint density at radius 2 is 2.31 bits per heavy atom. The van der Waals surface area contributed by atoms with E-state index in [1.54, 1.807) is 12.4 Å². The number of rotatable bonds is 4. The number of aryl methyl sites for hydroxylation is 1. The molecule has 0 aliphatic heterocycles. The van der Waals surface area contributed by atoms with Gasteiger partial charge in [-0.05, 0) is 19.4 Å². The predicted octanol–water partition coefficient (Wildman–Crippen LogP) is 1.46. The van der Waals surface area contributed by atoms with Crippen molar-refractivity contribution in [2.75, 3.05) is 13.2 Å². The average molecular weight is 181 g/mol. The minimum Gasteiger partial charge on any atom is -0.386 e. The molecule has 0 bridgehead atoms. The zero-order chi connectivity index (χ0) is 9.68. The van der Waals surface area contributed by atoms with Crippen LogP contribution in [0.5, 0.6) is 0 Å². The smallest absolute Gasteiger partial charge is 0.104 e. The molecule has 0 fully saturated rings. The van der Waals surface area contributed by atoms with E-state index in [9.17, 15) is 5.11 Å². The van der Waals surface area contributed by atoms with Gasteiger partial charge in [-0.3, -0.25) is 4.98 Å². The Balaban J connectivity index is 2.60. The molecule has 1 atom stereocenters. The first-order valence-electron chi connectivity index (χ1n) is 4.41. The summed E-state index contributed by atoms with van der Waals surface area (Å²) in [7, 11) is 0. The molecule has 1 N–H and O–H groups in total. The van der Waals surface area contributed by atoms with Gasteiger partial charge in [-0.1, -0.05) is 6.07 Å². The van der Waals surface area contributed by atoms with Crippen LogP contribution in [0.2, 0.25) is 0 Å². The van der Waals surface area contributed by atoms with Crippen molar-refractivity contribution in [3.63, 3.8) is 0 Å². The highest BCUT2D eigenvalue weighted by molar-refractivity contribution is 5.18. The molecule has 3 heteroatoms. The molecule has 0 saturated carbocycles. The summed E-state index contributed by atoms with van der Waals surface area (Å²) >= 11 is 0. The van der Waals surface area contributed by atoms with E-state index in [1.807, 2.05) is 19.9 Å². The average Bonchev–Trinajstić information content (AvgIpc) is 2.14. The molecule has 1 heterocycles. The van der Waals surface area contributed by atoms with Crippen LogP contribution in [-0.4, -0.2) is 23.3 Å². The van der Waals surface area contributed by atoms with Gasteiger partial charge in [-0.15, -0.1) is 0 Å². The third kappa shape index (κ3) is 3.13. The lowest BCUT2D eigenvalue weighted by Gasteiger charge is -2.10. The maximum absolute atomic E-state index is 9.61. The van der Waals surface area contributed by atoms with Crippen molar-refractivity contribution in [2.45, 2.75) is 20.0 Å². The van der Waals surface area contributed by atoms with Crippen LogP contribution in [0.25, 0.3) is 0 Å². The van der Waals surface area contributed by atoms with Crippen molar-refractivity contribution in [2.24, 2.45) is 0 Å². The lowest BCUT2D eigenvalue weighted by Crippen LogP contribution is -2.07. The molecule has 0 aliphatic carbocycles. The molecule has 72 valence electrons. The van der Waals surface area contributed by atoms with E-state index in [0.29, 0.717) is 13.2 Å². The molecule has 0 spiro atoms. The number of nitrogens with zero attached hydrogens (tertiary/aromatic N) is 1. The second-order valence-electron chi connectivity index (χ2n) is 2.97. The number of aliphatic hydroxyl groups is 1. The summed E-state index contributed by atoms with van der Waals surface area (Å²) in [5.41, 5.74) is 1.86. The van der Waals surface area contributed by atoms with Crippen molar-refractivity contribution < 1.29 is 9.84 Å². The summed E-state index contributed by atoms with van der Waals surface area (Å²) in [5.74, 6) is 0. The van der Waals surface area contributed by atoms with Crippen LogP contribution in [-0.2, 0) is 4.74 Å². The van der Waals surface area contributed by atoms with Crippen LogP contribution < -0.4 is 0 Å². The molecule has 1 unspecified atom stereocenters. The van der Waals surface area contributed by atoms with E-state index in [4.69, 9.17) is 4.74 Å². The zero-order valence-electron chi connectivity index (χ0n) is 8.03. The highest BCUT2D eigenvalue weighted by Gasteiger charge is 2.07. The first-order valence-corrected chi connectivity index (χ1v) is 4.41. The van der Waals surface area contributed by atoms with Crippen molar-refractivity contribution in [3.8, 4) is 0 Å². The quantitative estimate of drug-likeness (QED) is 0.764. The van der Waals surface area contributed by atoms with Gasteiger partial charge in [0.1, 0.15) is 6.10 Å². The van der Waals surface area contributed by atoms with Gasteiger partial charge in [0, 0.05) is 24.6 Å². The van der Waals surface area contributed by atoms with Crippen LogP contribution in [0.4, 0.5) is 0 Å². The fraction of sp³-hybridized carbons (Fsp3) is 0.500.